The number of urea groups is 1. The van der Waals surface area contributed by atoms with Gasteiger partial charge in [0.05, 0.1) is 11.2 Å². The quantitative estimate of drug-likeness (QED) is 0.289. The highest BCUT2D eigenvalue weighted by molar-refractivity contribution is 6.00. The van der Waals surface area contributed by atoms with Crippen LogP contribution < -0.4 is 5.32 Å². The van der Waals surface area contributed by atoms with E-state index in [9.17, 15) is 4.79 Å². The van der Waals surface area contributed by atoms with E-state index in [4.69, 9.17) is 0 Å². The highest BCUT2D eigenvalue weighted by atomic mass is 16.2. The molecule has 1 heterocycles. The maximum Gasteiger partial charge on any atom is 0.322 e. The fraction of sp³-hybridized carbons (Fsp3) is 0.448. The van der Waals surface area contributed by atoms with E-state index in [0.717, 1.165) is 42.4 Å². The van der Waals surface area contributed by atoms with Gasteiger partial charge in [-0.15, -0.1) is 0 Å². The lowest BCUT2D eigenvalue weighted by molar-refractivity contribution is 0.207. The van der Waals surface area contributed by atoms with Crippen LogP contribution in [-0.4, -0.2) is 22.5 Å². The molecule has 3 rings (SSSR count). The first-order chi connectivity index (χ1) is 16.1. The predicted octanol–water partition coefficient (Wildman–Crippen LogP) is 7.83. The minimum Gasteiger partial charge on any atom is -0.320 e. The van der Waals surface area contributed by atoms with Crippen molar-refractivity contribution in [1.29, 1.82) is 0 Å². The molecular weight excluding hydrogens is 406 g/mol. The lowest BCUT2D eigenvalue weighted by Gasteiger charge is -2.24. The fourth-order valence-electron chi connectivity index (χ4n) is 4.05. The minimum absolute atomic E-state index is 0.0503. The molecule has 0 aliphatic carbocycles. The molecule has 4 heteroatoms. The van der Waals surface area contributed by atoms with Gasteiger partial charge in [0, 0.05) is 24.7 Å². The first-order valence-corrected chi connectivity index (χ1v) is 12.5. The highest BCUT2D eigenvalue weighted by Gasteiger charge is 2.15. The van der Waals surface area contributed by atoms with Crippen molar-refractivity contribution in [3.05, 3.63) is 71.9 Å². The Kier molecular flexibility index (Phi) is 9.74. The van der Waals surface area contributed by atoms with Crippen LogP contribution in [0.4, 0.5) is 10.5 Å². The van der Waals surface area contributed by atoms with Crippen LogP contribution in [0.3, 0.4) is 0 Å². The van der Waals surface area contributed by atoms with E-state index in [-0.39, 0.29) is 6.03 Å². The molecule has 0 fully saturated rings. The molecule has 0 radical (unpaired) electrons. The van der Waals surface area contributed by atoms with Crippen molar-refractivity contribution in [2.24, 2.45) is 5.92 Å². The summed E-state index contributed by atoms with van der Waals surface area (Å²) in [6, 6.07) is 18.5. The zero-order chi connectivity index (χ0) is 23.5. The van der Waals surface area contributed by atoms with Crippen LogP contribution in [0.5, 0.6) is 0 Å². The fourth-order valence-corrected chi connectivity index (χ4v) is 4.05. The standard InChI is InChI=1S/C29H39N3O/c1-4-5-6-7-8-21-32(22-25-18-16-24(17-19-25)15-14-23(2)3)29(33)31-28-13-9-12-27-26(28)11-10-20-30-27/h9-13,16-20,23H,4-8,14-15,21-22H2,1-3H3,(H,31,33). The molecule has 0 spiro atoms. The average molecular weight is 446 g/mol. The Labute approximate surface area is 199 Å². The summed E-state index contributed by atoms with van der Waals surface area (Å²) in [5.41, 5.74) is 4.24. The largest absolute Gasteiger partial charge is 0.322 e. The monoisotopic (exact) mass is 445 g/mol. The number of nitrogens with one attached hydrogen (secondary N) is 1. The van der Waals surface area contributed by atoms with Crippen LogP contribution in [0.15, 0.2) is 60.8 Å². The maximum atomic E-state index is 13.3. The van der Waals surface area contributed by atoms with Crippen molar-refractivity contribution < 1.29 is 4.79 Å². The van der Waals surface area contributed by atoms with E-state index in [1.807, 2.05) is 35.2 Å². The van der Waals surface area contributed by atoms with Gasteiger partial charge < -0.3 is 10.2 Å². The number of aryl methyl sites for hydroxylation is 1. The number of amides is 2. The molecule has 0 aliphatic heterocycles. The number of nitrogens with zero attached hydrogens (tertiary/aromatic N) is 2. The molecule has 0 bridgehead atoms. The first-order valence-electron chi connectivity index (χ1n) is 12.5. The number of carbonyl (C=O) groups is 1. The molecule has 2 amide bonds. The van der Waals surface area contributed by atoms with Crippen molar-refractivity contribution in [3.63, 3.8) is 0 Å². The molecule has 0 unspecified atom stereocenters. The molecule has 1 N–H and O–H groups in total. The molecule has 2 aromatic carbocycles. The minimum atomic E-state index is -0.0503. The number of pyridine rings is 1. The Balaban J connectivity index is 1.69. The van der Waals surface area contributed by atoms with Crippen molar-refractivity contribution in [2.75, 3.05) is 11.9 Å². The second-order valence-corrected chi connectivity index (χ2v) is 9.39. The molecule has 33 heavy (non-hydrogen) atoms. The molecule has 0 saturated heterocycles. The number of hydrogen-bond donors (Lipinski definition) is 1. The molecule has 1 aromatic heterocycles. The number of aromatic nitrogens is 1. The first kappa shape index (κ1) is 24.8. The molecule has 0 saturated carbocycles. The summed E-state index contributed by atoms with van der Waals surface area (Å²) in [6.07, 6.45) is 9.98. The van der Waals surface area contributed by atoms with Crippen molar-refractivity contribution in [2.45, 2.75) is 72.3 Å². The maximum absolute atomic E-state index is 13.3. The zero-order valence-electron chi connectivity index (χ0n) is 20.5. The Morgan fingerprint density at radius 3 is 2.45 bits per heavy atom. The van der Waals surface area contributed by atoms with E-state index in [2.05, 4.69) is 55.3 Å². The molecule has 176 valence electrons. The van der Waals surface area contributed by atoms with E-state index in [1.165, 1.54) is 36.8 Å². The van der Waals surface area contributed by atoms with Crippen molar-refractivity contribution in [1.82, 2.24) is 9.88 Å². The summed E-state index contributed by atoms with van der Waals surface area (Å²) < 4.78 is 0. The third kappa shape index (κ3) is 7.88. The molecule has 4 nitrogen and oxygen atoms in total. The number of fused-ring (bicyclic) bond motifs is 1. The topological polar surface area (TPSA) is 45.2 Å². The Bertz CT molecular complexity index is 992. The Hall–Kier alpha value is -2.88. The average Bonchev–Trinajstić information content (AvgIpc) is 2.83. The van der Waals surface area contributed by atoms with Gasteiger partial charge in [-0.2, -0.15) is 0 Å². The Morgan fingerprint density at radius 1 is 0.939 bits per heavy atom. The number of hydrogen-bond acceptors (Lipinski definition) is 2. The third-order valence-electron chi connectivity index (χ3n) is 6.11. The second kappa shape index (κ2) is 13.0. The Morgan fingerprint density at radius 2 is 1.70 bits per heavy atom. The summed E-state index contributed by atoms with van der Waals surface area (Å²) in [5.74, 6) is 0.709. The molecule has 0 atom stereocenters. The molecule has 3 aromatic rings. The van der Waals surface area contributed by atoms with Gasteiger partial charge in [0.1, 0.15) is 0 Å². The smallest absolute Gasteiger partial charge is 0.320 e. The van der Waals surface area contributed by atoms with Gasteiger partial charge in [-0.25, -0.2) is 4.79 Å². The lowest BCUT2D eigenvalue weighted by Crippen LogP contribution is -2.35. The summed E-state index contributed by atoms with van der Waals surface area (Å²) in [5, 5.41) is 4.11. The van der Waals surface area contributed by atoms with Gasteiger partial charge in [0.2, 0.25) is 0 Å². The van der Waals surface area contributed by atoms with E-state index in [1.54, 1.807) is 6.20 Å². The van der Waals surface area contributed by atoms with Crippen LogP contribution in [0, 0.1) is 5.92 Å². The molecular formula is C29H39N3O. The van der Waals surface area contributed by atoms with Gasteiger partial charge in [0.25, 0.3) is 0 Å². The van der Waals surface area contributed by atoms with Gasteiger partial charge in [-0.1, -0.05) is 76.8 Å². The lowest BCUT2D eigenvalue weighted by atomic mass is 10.0. The summed E-state index contributed by atoms with van der Waals surface area (Å²) in [4.78, 5) is 19.7. The van der Waals surface area contributed by atoms with E-state index in [0.29, 0.717) is 12.5 Å². The van der Waals surface area contributed by atoms with Crippen LogP contribution in [-0.2, 0) is 13.0 Å². The molecule has 0 aliphatic rings. The number of carbonyl (C=O) groups excluding carboxylic acids is 1. The van der Waals surface area contributed by atoms with Gasteiger partial charge in [-0.05, 0) is 60.6 Å². The van der Waals surface area contributed by atoms with Crippen LogP contribution in [0.1, 0.15) is 70.4 Å². The number of anilines is 1. The van der Waals surface area contributed by atoms with Crippen LogP contribution in [0.25, 0.3) is 10.9 Å². The van der Waals surface area contributed by atoms with Crippen molar-refractivity contribution >= 4 is 22.6 Å². The van der Waals surface area contributed by atoms with E-state index >= 15 is 0 Å². The van der Waals surface area contributed by atoms with Gasteiger partial charge in [-0.3, -0.25) is 4.98 Å². The number of rotatable bonds is 12. The van der Waals surface area contributed by atoms with Gasteiger partial charge in [0.15, 0.2) is 0 Å². The second-order valence-electron chi connectivity index (χ2n) is 9.39. The highest BCUT2D eigenvalue weighted by Crippen LogP contribution is 2.22. The SMILES string of the molecule is CCCCCCCN(Cc1ccc(CCC(C)C)cc1)C(=O)Nc1cccc2ncccc12. The van der Waals surface area contributed by atoms with Crippen LogP contribution in [0.2, 0.25) is 0 Å². The number of unbranched alkanes of at least 4 members (excludes halogenated alkanes) is 4. The van der Waals surface area contributed by atoms with Crippen LogP contribution >= 0.6 is 0 Å². The van der Waals surface area contributed by atoms with Crippen molar-refractivity contribution in [3.8, 4) is 0 Å². The zero-order valence-corrected chi connectivity index (χ0v) is 20.5. The summed E-state index contributed by atoms with van der Waals surface area (Å²) >= 11 is 0. The summed E-state index contributed by atoms with van der Waals surface area (Å²) in [6.45, 7) is 8.12. The summed E-state index contributed by atoms with van der Waals surface area (Å²) in [7, 11) is 0. The van der Waals surface area contributed by atoms with E-state index < -0.39 is 0 Å². The predicted molar refractivity (Wildman–Crippen MR) is 140 cm³/mol. The normalized spacial score (nSPS) is 11.2. The van der Waals surface area contributed by atoms with Gasteiger partial charge >= 0.3 is 6.03 Å². The number of benzene rings is 2. The third-order valence-corrected chi connectivity index (χ3v) is 6.11.